The molecule has 0 unspecified atom stereocenters. The second kappa shape index (κ2) is 6.65. The minimum absolute atomic E-state index is 0.719. The van der Waals surface area contributed by atoms with Crippen molar-refractivity contribution in [1.82, 2.24) is 0 Å². The van der Waals surface area contributed by atoms with Gasteiger partial charge in [0, 0.05) is 21.6 Å². The highest BCUT2D eigenvalue weighted by atomic mass is 79.9. The van der Waals surface area contributed by atoms with Gasteiger partial charge in [0.25, 0.3) is 0 Å². The smallest absolute Gasteiger partial charge is 0.0568 e. The van der Waals surface area contributed by atoms with E-state index < -0.39 is 0 Å². The fourth-order valence-electron chi connectivity index (χ4n) is 2.05. The van der Waals surface area contributed by atoms with Crippen LogP contribution < -0.4 is 5.32 Å². The molecule has 1 heterocycles. The molecule has 0 aliphatic rings. The topological polar surface area (TPSA) is 12.0 Å². The van der Waals surface area contributed by atoms with Gasteiger partial charge in [-0.05, 0) is 56.7 Å². The molecule has 0 amide bonds. The molecule has 2 aromatic carbocycles. The van der Waals surface area contributed by atoms with Gasteiger partial charge in [-0.15, -0.1) is 11.3 Å². The minimum atomic E-state index is 0.719. The molecule has 106 valence electrons. The molecule has 0 atom stereocenters. The average molecular weight is 379 g/mol. The summed E-state index contributed by atoms with van der Waals surface area (Å²) in [5, 5.41) is 6.31. The van der Waals surface area contributed by atoms with Crippen LogP contribution >= 0.6 is 38.9 Å². The van der Waals surface area contributed by atoms with Crippen LogP contribution in [0.4, 0.5) is 5.69 Å². The van der Waals surface area contributed by atoms with Crippen LogP contribution in [0.15, 0.2) is 64.5 Å². The zero-order valence-electron chi connectivity index (χ0n) is 11.1. The summed E-state index contributed by atoms with van der Waals surface area (Å²) in [7, 11) is 0. The van der Waals surface area contributed by atoms with Gasteiger partial charge in [0.2, 0.25) is 0 Å². The summed E-state index contributed by atoms with van der Waals surface area (Å²) < 4.78 is 0.914. The van der Waals surface area contributed by atoms with Crippen molar-refractivity contribution in [3.63, 3.8) is 0 Å². The van der Waals surface area contributed by atoms with Crippen molar-refractivity contribution in [2.24, 2.45) is 0 Å². The summed E-state index contributed by atoms with van der Waals surface area (Å²) in [6.45, 7) is 0.801. The van der Waals surface area contributed by atoms with Gasteiger partial charge in [0.05, 0.1) is 5.02 Å². The maximum Gasteiger partial charge on any atom is 0.0568 e. The number of halogens is 2. The predicted octanol–water partition coefficient (Wildman–Crippen LogP) is 6.44. The van der Waals surface area contributed by atoms with E-state index in [4.69, 9.17) is 11.6 Å². The van der Waals surface area contributed by atoms with Crippen LogP contribution in [0.25, 0.3) is 11.1 Å². The van der Waals surface area contributed by atoms with E-state index in [0.717, 1.165) is 21.7 Å². The van der Waals surface area contributed by atoms with Gasteiger partial charge in [0.15, 0.2) is 0 Å². The first-order valence-corrected chi connectivity index (χ1v) is 8.59. The Morgan fingerprint density at radius 3 is 2.57 bits per heavy atom. The summed E-state index contributed by atoms with van der Waals surface area (Å²) in [5.74, 6) is 0. The summed E-state index contributed by atoms with van der Waals surface area (Å²) in [5.41, 5.74) is 3.55. The number of hydrogen-bond acceptors (Lipinski definition) is 2. The molecule has 0 spiro atoms. The molecule has 0 radical (unpaired) electrons. The minimum Gasteiger partial charge on any atom is -0.380 e. The molecule has 0 saturated heterocycles. The second-order valence-corrected chi connectivity index (χ2v) is 6.91. The normalized spacial score (nSPS) is 10.6. The number of anilines is 1. The fourth-order valence-corrected chi connectivity index (χ4v) is 3.31. The molecule has 0 aliphatic carbocycles. The third-order valence-electron chi connectivity index (χ3n) is 3.15. The van der Waals surface area contributed by atoms with E-state index in [-0.39, 0.29) is 0 Å². The predicted molar refractivity (Wildman–Crippen MR) is 96.2 cm³/mol. The first kappa shape index (κ1) is 14.6. The van der Waals surface area contributed by atoms with Crippen molar-refractivity contribution in [3.05, 3.63) is 74.3 Å². The molecule has 1 aromatic heterocycles. The van der Waals surface area contributed by atoms with E-state index in [9.17, 15) is 0 Å². The van der Waals surface area contributed by atoms with Gasteiger partial charge in [-0.3, -0.25) is 0 Å². The Labute approximate surface area is 141 Å². The van der Waals surface area contributed by atoms with Crippen LogP contribution in [0.5, 0.6) is 0 Å². The zero-order valence-corrected chi connectivity index (χ0v) is 14.3. The summed E-state index contributed by atoms with van der Waals surface area (Å²) in [6.07, 6.45) is 0. The van der Waals surface area contributed by atoms with Crippen LogP contribution in [0.2, 0.25) is 5.02 Å². The highest BCUT2D eigenvalue weighted by Crippen LogP contribution is 2.28. The van der Waals surface area contributed by atoms with Crippen LogP contribution in [0, 0.1) is 0 Å². The van der Waals surface area contributed by atoms with Crippen molar-refractivity contribution >= 4 is 44.6 Å². The molecule has 0 bridgehead atoms. The Bertz CT molecular complexity index is 740. The van der Waals surface area contributed by atoms with Crippen LogP contribution in [0.1, 0.15) is 4.88 Å². The third-order valence-corrected chi connectivity index (χ3v) is 5.32. The van der Waals surface area contributed by atoms with Crippen LogP contribution in [-0.2, 0) is 6.54 Å². The van der Waals surface area contributed by atoms with Gasteiger partial charge in [-0.1, -0.05) is 41.9 Å². The standard InChI is InChI=1S/C17H13BrClNS/c18-16-7-6-14(9-17(16)19)20-10-15-8-13(11-21-15)12-4-2-1-3-5-12/h1-9,11,20H,10H2. The van der Waals surface area contributed by atoms with Crippen LogP contribution in [0.3, 0.4) is 0 Å². The van der Waals surface area contributed by atoms with Crippen molar-refractivity contribution in [2.75, 3.05) is 5.32 Å². The molecule has 1 N–H and O–H groups in total. The Morgan fingerprint density at radius 1 is 1.00 bits per heavy atom. The molecule has 1 nitrogen and oxygen atoms in total. The van der Waals surface area contributed by atoms with Crippen molar-refractivity contribution in [2.45, 2.75) is 6.54 Å². The number of hydrogen-bond donors (Lipinski definition) is 1. The first-order valence-electron chi connectivity index (χ1n) is 6.54. The molecule has 3 rings (SSSR count). The molecule has 21 heavy (non-hydrogen) atoms. The molecule has 0 saturated carbocycles. The highest BCUT2D eigenvalue weighted by Gasteiger charge is 2.03. The van der Waals surface area contributed by atoms with Crippen molar-refractivity contribution in [1.29, 1.82) is 0 Å². The second-order valence-electron chi connectivity index (χ2n) is 4.65. The van der Waals surface area contributed by atoms with E-state index in [1.165, 1.54) is 16.0 Å². The van der Waals surface area contributed by atoms with E-state index in [2.05, 4.69) is 57.0 Å². The molecule has 0 aliphatic heterocycles. The molecule has 4 heteroatoms. The Hall–Kier alpha value is -1.29. The lowest BCUT2D eigenvalue weighted by Crippen LogP contribution is -1.97. The van der Waals surface area contributed by atoms with Crippen LogP contribution in [-0.4, -0.2) is 0 Å². The zero-order chi connectivity index (χ0) is 14.7. The lowest BCUT2D eigenvalue weighted by atomic mass is 10.1. The summed E-state index contributed by atoms with van der Waals surface area (Å²) >= 11 is 11.3. The lowest BCUT2D eigenvalue weighted by molar-refractivity contribution is 1.19. The summed E-state index contributed by atoms with van der Waals surface area (Å²) in [6, 6.07) is 18.6. The molecular formula is C17H13BrClNS. The average Bonchev–Trinajstić information content (AvgIpc) is 2.98. The Balaban J connectivity index is 1.69. The first-order chi connectivity index (χ1) is 10.2. The van der Waals surface area contributed by atoms with Gasteiger partial charge in [-0.25, -0.2) is 0 Å². The number of nitrogens with one attached hydrogen (secondary N) is 1. The third kappa shape index (κ3) is 3.67. The number of thiophene rings is 1. The van der Waals surface area contributed by atoms with Gasteiger partial charge in [-0.2, -0.15) is 0 Å². The molecular weight excluding hydrogens is 366 g/mol. The Morgan fingerprint density at radius 2 is 1.81 bits per heavy atom. The molecule has 3 aromatic rings. The largest absolute Gasteiger partial charge is 0.380 e. The fraction of sp³-hybridized carbons (Fsp3) is 0.0588. The van der Waals surface area contributed by atoms with E-state index in [1.54, 1.807) is 11.3 Å². The lowest BCUT2D eigenvalue weighted by Gasteiger charge is -2.06. The van der Waals surface area contributed by atoms with Gasteiger partial charge in [0.1, 0.15) is 0 Å². The SMILES string of the molecule is Clc1cc(NCc2cc(-c3ccccc3)cs2)ccc1Br. The van der Waals surface area contributed by atoms with E-state index in [1.807, 2.05) is 24.3 Å². The van der Waals surface area contributed by atoms with Gasteiger partial charge >= 0.3 is 0 Å². The number of rotatable bonds is 4. The van der Waals surface area contributed by atoms with E-state index in [0.29, 0.717) is 0 Å². The van der Waals surface area contributed by atoms with E-state index >= 15 is 0 Å². The quantitative estimate of drug-likeness (QED) is 0.550. The van der Waals surface area contributed by atoms with Crippen molar-refractivity contribution < 1.29 is 0 Å². The maximum absolute atomic E-state index is 6.10. The van der Waals surface area contributed by atoms with Gasteiger partial charge < -0.3 is 5.32 Å². The molecule has 0 fully saturated rings. The monoisotopic (exact) mass is 377 g/mol. The number of benzene rings is 2. The maximum atomic E-state index is 6.10. The summed E-state index contributed by atoms with van der Waals surface area (Å²) in [4.78, 5) is 1.30. The van der Waals surface area contributed by atoms with Crippen molar-refractivity contribution in [3.8, 4) is 11.1 Å². The Kier molecular flexibility index (Phi) is 4.63. The highest BCUT2D eigenvalue weighted by molar-refractivity contribution is 9.10.